The van der Waals surface area contributed by atoms with Gasteiger partial charge in [-0.1, -0.05) is 28.4 Å². The standard InChI is InChI=1S/C20H17Cl2N5O5/c1-31-14-8-15(32-2)13(7-12(14)22)23-16(28)9-26-18-17(24-25-26)19(29)27(20(18)30)11-5-3-10(21)4-6-11/h3-8,17-18H,9H2,1-2H3,(H,23,28)/t17-,18-/m0/s1. The van der Waals surface area contributed by atoms with Crippen LogP contribution >= 0.6 is 23.2 Å². The van der Waals surface area contributed by atoms with Crippen LogP contribution in [0.15, 0.2) is 46.7 Å². The summed E-state index contributed by atoms with van der Waals surface area (Å²) in [4.78, 5) is 39.4. The van der Waals surface area contributed by atoms with Crippen LogP contribution in [0, 0.1) is 0 Å². The summed E-state index contributed by atoms with van der Waals surface area (Å²) in [7, 11) is 2.90. The summed E-state index contributed by atoms with van der Waals surface area (Å²) in [5.74, 6) is -0.825. The van der Waals surface area contributed by atoms with Crippen LogP contribution in [0.2, 0.25) is 10.0 Å². The predicted molar refractivity (Wildman–Crippen MR) is 116 cm³/mol. The third-order valence-corrected chi connectivity index (χ3v) is 5.54. The molecule has 2 aromatic rings. The van der Waals surface area contributed by atoms with E-state index in [1.54, 1.807) is 24.3 Å². The van der Waals surface area contributed by atoms with Gasteiger partial charge in [-0.15, -0.1) is 0 Å². The number of nitrogens with one attached hydrogen (secondary N) is 1. The molecule has 1 saturated heterocycles. The van der Waals surface area contributed by atoms with Gasteiger partial charge in [0, 0.05) is 11.1 Å². The Kier molecular flexibility index (Phi) is 5.90. The molecule has 3 amide bonds. The Bertz CT molecular complexity index is 1120. The van der Waals surface area contributed by atoms with Crippen LogP contribution < -0.4 is 19.7 Å². The number of carbonyl (C=O) groups excluding carboxylic acids is 3. The minimum absolute atomic E-state index is 0.277. The van der Waals surface area contributed by atoms with Crippen LogP contribution in [0.25, 0.3) is 0 Å². The molecule has 2 atom stereocenters. The zero-order chi connectivity index (χ0) is 23.0. The lowest BCUT2D eigenvalue weighted by atomic mass is 10.1. The van der Waals surface area contributed by atoms with Gasteiger partial charge in [0.05, 0.1) is 30.6 Å². The summed E-state index contributed by atoms with van der Waals surface area (Å²) < 4.78 is 10.4. The van der Waals surface area contributed by atoms with Crippen molar-refractivity contribution in [3.63, 3.8) is 0 Å². The normalized spacial score (nSPS) is 19.4. The zero-order valence-electron chi connectivity index (χ0n) is 16.9. The van der Waals surface area contributed by atoms with Gasteiger partial charge in [0.25, 0.3) is 11.8 Å². The molecule has 2 aliphatic rings. The number of fused-ring (bicyclic) bond motifs is 1. The molecule has 12 heteroatoms. The summed E-state index contributed by atoms with van der Waals surface area (Å²) in [6, 6.07) is 7.27. The van der Waals surface area contributed by atoms with E-state index in [1.807, 2.05) is 0 Å². The lowest BCUT2D eigenvalue weighted by molar-refractivity contribution is -0.123. The second kappa shape index (κ2) is 8.64. The minimum Gasteiger partial charge on any atom is -0.495 e. The number of imide groups is 1. The molecular weight excluding hydrogens is 461 g/mol. The van der Waals surface area contributed by atoms with Gasteiger partial charge < -0.3 is 14.8 Å². The molecule has 0 aromatic heterocycles. The number of hydrogen-bond acceptors (Lipinski definition) is 8. The van der Waals surface area contributed by atoms with Gasteiger partial charge in [0.1, 0.15) is 18.0 Å². The minimum atomic E-state index is -1.02. The summed E-state index contributed by atoms with van der Waals surface area (Å²) in [6.45, 7) is -0.315. The van der Waals surface area contributed by atoms with Crippen molar-refractivity contribution in [2.75, 3.05) is 31.0 Å². The average molecular weight is 478 g/mol. The van der Waals surface area contributed by atoms with E-state index in [0.717, 1.165) is 4.90 Å². The molecule has 10 nitrogen and oxygen atoms in total. The van der Waals surface area contributed by atoms with E-state index in [0.29, 0.717) is 27.9 Å². The van der Waals surface area contributed by atoms with Crippen LogP contribution in [0.1, 0.15) is 0 Å². The lowest BCUT2D eigenvalue weighted by Gasteiger charge is -2.20. The molecule has 2 heterocycles. The van der Waals surface area contributed by atoms with Crippen molar-refractivity contribution in [2.24, 2.45) is 10.3 Å². The fourth-order valence-electron chi connectivity index (χ4n) is 3.49. The van der Waals surface area contributed by atoms with E-state index in [9.17, 15) is 14.4 Å². The van der Waals surface area contributed by atoms with Crippen molar-refractivity contribution >= 4 is 52.3 Å². The quantitative estimate of drug-likeness (QED) is 0.639. The van der Waals surface area contributed by atoms with Gasteiger partial charge >= 0.3 is 0 Å². The fraction of sp³-hybridized carbons (Fsp3) is 0.250. The van der Waals surface area contributed by atoms with Crippen molar-refractivity contribution < 1.29 is 23.9 Å². The predicted octanol–water partition coefficient (Wildman–Crippen LogP) is 2.94. The molecule has 1 fully saturated rings. The molecule has 0 radical (unpaired) electrons. The Hall–Kier alpha value is -3.37. The first-order valence-corrected chi connectivity index (χ1v) is 10.1. The number of halogens is 2. The highest BCUT2D eigenvalue weighted by atomic mass is 35.5. The van der Waals surface area contributed by atoms with Crippen molar-refractivity contribution in [3.05, 3.63) is 46.4 Å². The summed E-state index contributed by atoms with van der Waals surface area (Å²) in [5, 5.41) is 12.4. The van der Waals surface area contributed by atoms with E-state index < -0.39 is 29.8 Å². The van der Waals surface area contributed by atoms with E-state index in [4.69, 9.17) is 32.7 Å². The second-order valence-corrected chi connectivity index (χ2v) is 7.76. The van der Waals surface area contributed by atoms with Crippen molar-refractivity contribution in [2.45, 2.75) is 12.1 Å². The van der Waals surface area contributed by atoms with Crippen LogP contribution in [0.4, 0.5) is 11.4 Å². The van der Waals surface area contributed by atoms with Crippen molar-refractivity contribution in [1.29, 1.82) is 0 Å². The molecule has 0 aliphatic carbocycles. The lowest BCUT2D eigenvalue weighted by Crippen LogP contribution is -2.43. The van der Waals surface area contributed by atoms with Gasteiger partial charge in [-0.2, -0.15) is 5.11 Å². The van der Waals surface area contributed by atoms with Gasteiger partial charge in [0.2, 0.25) is 5.91 Å². The zero-order valence-corrected chi connectivity index (χ0v) is 18.4. The number of rotatable bonds is 6. The van der Waals surface area contributed by atoms with Crippen LogP contribution in [-0.2, 0) is 14.4 Å². The molecular formula is C20H17Cl2N5O5. The van der Waals surface area contributed by atoms with E-state index >= 15 is 0 Å². The number of nitrogens with zero attached hydrogens (tertiary/aromatic N) is 4. The van der Waals surface area contributed by atoms with Gasteiger partial charge in [-0.05, 0) is 30.3 Å². The molecule has 32 heavy (non-hydrogen) atoms. The third-order valence-electron chi connectivity index (χ3n) is 5.00. The number of ether oxygens (including phenoxy) is 2. The van der Waals surface area contributed by atoms with Crippen molar-refractivity contribution in [1.82, 2.24) is 5.01 Å². The average Bonchev–Trinajstić information content (AvgIpc) is 3.28. The maximum absolute atomic E-state index is 13.0. The van der Waals surface area contributed by atoms with E-state index in [2.05, 4.69) is 15.7 Å². The molecule has 4 rings (SSSR count). The number of methoxy groups -OCH3 is 2. The maximum atomic E-state index is 13.0. The first kappa shape index (κ1) is 21.8. The second-order valence-electron chi connectivity index (χ2n) is 6.92. The Balaban J connectivity index is 1.49. The van der Waals surface area contributed by atoms with Gasteiger partial charge in [-0.3, -0.25) is 19.4 Å². The Labute approximate surface area is 192 Å². The fourth-order valence-corrected chi connectivity index (χ4v) is 3.86. The molecule has 2 aromatic carbocycles. The van der Waals surface area contributed by atoms with Gasteiger partial charge in [-0.25, -0.2) is 4.90 Å². The monoisotopic (exact) mass is 477 g/mol. The third kappa shape index (κ3) is 3.82. The van der Waals surface area contributed by atoms with Crippen LogP contribution in [0.3, 0.4) is 0 Å². The van der Waals surface area contributed by atoms with Crippen LogP contribution in [-0.4, -0.2) is 55.6 Å². The smallest absolute Gasteiger partial charge is 0.263 e. The number of anilines is 2. The van der Waals surface area contributed by atoms with Gasteiger partial charge in [0.15, 0.2) is 12.1 Å². The van der Waals surface area contributed by atoms with E-state index in [-0.39, 0.29) is 11.6 Å². The highest BCUT2D eigenvalue weighted by Crippen LogP contribution is 2.36. The Morgan fingerprint density at radius 2 is 1.75 bits per heavy atom. The number of benzene rings is 2. The van der Waals surface area contributed by atoms with Crippen molar-refractivity contribution in [3.8, 4) is 11.5 Å². The molecule has 0 spiro atoms. The summed E-state index contributed by atoms with van der Waals surface area (Å²) in [6.07, 6.45) is 0. The largest absolute Gasteiger partial charge is 0.495 e. The first-order chi connectivity index (χ1) is 15.3. The molecule has 0 bridgehead atoms. The Morgan fingerprint density at radius 3 is 2.41 bits per heavy atom. The maximum Gasteiger partial charge on any atom is 0.263 e. The number of carbonyl (C=O) groups is 3. The molecule has 0 unspecified atom stereocenters. The SMILES string of the molecule is COc1cc(OC)c(NC(=O)CN2N=N[C@@H]3C(=O)N(c4ccc(Cl)cc4)C(=O)[C@H]32)cc1Cl. The molecule has 1 N–H and O–H groups in total. The highest BCUT2D eigenvalue weighted by Gasteiger charge is 2.55. The topological polar surface area (TPSA) is 113 Å². The number of amides is 3. The Morgan fingerprint density at radius 1 is 1.06 bits per heavy atom. The number of hydrogen-bond donors (Lipinski definition) is 1. The summed E-state index contributed by atoms with van der Waals surface area (Å²) in [5.41, 5.74) is 0.684. The first-order valence-electron chi connectivity index (χ1n) is 9.36. The molecule has 0 saturated carbocycles. The molecule has 2 aliphatic heterocycles. The van der Waals surface area contributed by atoms with Crippen LogP contribution in [0.5, 0.6) is 11.5 Å². The molecule has 166 valence electrons. The van der Waals surface area contributed by atoms with E-state index in [1.165, 1.54) is 31.4 Å². The highest BCUT2D eigenvalue weighted by molar-refractivity contribution is 6.32. The summed E-state index contributed by atoms with van der Waals surface area (Å²) >= 11 is 12.0.